The molecule has 0 spiro atoms. The topological polar surface area (TPSA) is 145 Å². The highest BCUT2D eigenvalue weighted by atomic mass is 16.7. The first-order valence-corrected chi connectivity index (χ1v) is 10.3. The molecule has 10 nitrogen and oxygen atoms in total. The zero-order valence-electron chi connectivity index (χ0n) is 17.9. The number of unbranched alkanes of at least 4 members (excludes halogenated alkanes) is 1. The van der Waals surface area contributed by atoms with Gasteiger partial charge in [-0.3, -0.25) is 14.9 Å². The van der Waals surface area contributed by atoms with E-state index in [-0.39, 0.29) is 24.3 Å². The maximum atomic E-state index is 12.1. The van der Waals surface area contributed by atoms with Gasteiger partial charge in [-0.2, -0.15) is 0 Å². The van der Waals surface area contributed by atoms with Crippen LogP contribution in [-0.2, 0) is 14.3 Å². The van der Waals surface area contributed by atoms with Gasteiger partial charge < -0.3 is 24.4 Å². The second-order valence-corrected chi connectivity index (χ2v) is 7.54. The molecule has 0 amide bonds. The molecule has 0 aliphatic heterocycles. The third-order valence-corrected chi connectivity index (χ3v) is 4.45. The number of esters is 1. The second-order valence-electron chi connectivity index (χ2n) is 7.54. The highest BCUT2D eigenvalue weighted by Crippen LogP contribution is 2.20. The molecule has 1 aromatic carbocycles. The van der Waals surface area contributed by atoms with Gasteiger partial charge in [0, 0.05) is 18.6 Å². The Kier molecular flexibility index (Phi) is 12.2. The van der Waals surface area contributed by atoms with Crippen LogP contribution in [0.1, 0.15) is 52.4 Å². The SMILES string of the molecule is CC(C)CCCCC(CCC(=O)OC(CO)CO)OC(=O)Oc1ccc([N+](=O)[O-])cc1. The standard InChI is InChI=1S/C21H31NO9/c1-15(2)5-3-4-6-17(11-12-20(25)29-19(13-23)14-24)30-21(26)31-18-9-7-16(8-10-18)22(27)28/h7-10,15,17,19,23-24H,3-6,11-14H2,1-2H3. The minimum absolute atomic E-state index is 0.0594. The Bertz CT molecular complexity index is 687. The number of benzene rings is 1. The largest absolute Gasteiger partial charge is 0.514 e. The Labute approximate surface area is 181 Å². The van der Waals surface area contributed by atoms with E-state index in [1.165, 1.54) is 24.3 Å². The van der Waals surface area contributed by atoms with Crippen LogP contribution in [0, 0.1) is 16.0 Å². The molecule has 0 radical (unpaired) electrons. The molecular weight excluding hydrogens is 410 g/mol. The fourth-order valence-corrected chi connectivity index (χ4v) is 2.73. The normalized spacial score (nSPS) is 11.9. The molecule has 174 valence electrons. The van der Waals surface area contributed by atoms with Crippen molar-refractivity contribution in [3.8, 4) is 5.75 Å². The van der Waals surface area contributed by atoms with Crippen molar-refractivity contribution in [2.24, 2.45) is 5.92 Å². The smallest absolute Gasteiger partial charge is 0.457 e. The lowest BCUT2D eigenvalue weighted by atomic mass is 10.0. The lowest BCUT2D eigenvalue weighted by Crippen LogP contribution is -2.27. The summed E-state index contributed by atoms with van der Waals surface area (Å²) >= 11 is 0. The molecular formula is C21H31NO9. The molecule has 0 bridgehead atoms. The molecule has 1 unspecified atom stereocenters. The van der Waals surface area contributed by atoms with E-state index in [0.29, 0.717) is 12.3 Å². The van der Waals surface area contributed by atoms with Gasteiger partial charge in [-0.05, 0) is 37.3 Å². The number of nitrogens with zero attached hydrogens (tertiary/aromatic N) is 1. The Balaban J connectivity index is 2.61. The predicted molar refractivity (Wildman–Crippen MR) is 111 cm³/mol. The minimum Gasteiger partial charge on any atom is -0.457 e. The van der Waals surface area contributed by atoms with Gasteiger partial charge in [0.15, 0.2) is 0 Å². The van der Waals surface area contributed by atoms with Crippen LogP contribution in [0.3, 0.4) is 0 Å². The Morgan fingerprint density at radius 3 is 2.13 bits per heavy atom. The number of non-ortho nitro benzene ring substituents is 1. The third kappa shape index (κ3) is 11.3. The van der Waals surface area contributed by atoms with Gasteiger partial charge in [0.05, 0.1) is 18.1 Å². The highest BCUT2D eigenvalue weighted by molar-refractivity contribution is 5.69. The second kappa shape index (κ2) is 14.3. The van der Waals surface area contributed by atoms with Gasteiger partial charge in [0.1, 0.15) is 18.0 Å². The van der Waals surface area contributed by atoms with E-state index in [0.717, 1.165) is 19.3 Å². The van der Waals surface area contributed by atoms with E-state index in [1.54, 1.807) is 0 Å². The quantitative estimate of drug-likeness (QED) is 0.146. The summed E-state index contributed by atoms with van der Waals surface area (Å²) in [7, 11) is 0. The average molecular weight is 441 g/mol. The number of ether oxygens (including phenoxy) is 3. The van der Waals surface area contributed by atoms with Crippen molar-refractivity contribution in [3.05, 3.63) is 34.4 Å². The summed E-state index contributed by atoms with van der Waals surface area (Å²) in [6.45, 7) is 3.26. The summed E-state index contributed by atoms with van der Waals surface area (Å²) in [6.07, 6.45) is 0.872. The van der Waals surface area contributed by atoms with Gasteiger partial charge in [-0.15, -0.1) is 0 Å². The van der Waals surface area contributed by atoms with Crippen LogP contribution < -0.4 is 4.74 Å². The van der Waals surface area contributed by atoms with Gasteiger partial charge >= 0.3 is 12.1 Å². The van der Waals surface area contributed by atoms with Crippen LogP contribution in [0.4, 0.5) is 10.5 Å². The van der Waals surface area contributed by atoms with E-state index in [1.807, 2.05) is 0 Å². The number of carbonyl (C=O) groups excluding carboxylic acids is 2. The Morgan fingerprint density at radius 1 is 0.968 bits per heavy atom. The predicted octanol–water partition coefficient (Wildman–Crippen LogP) is 3.37. The third-order valence-electron chi connectivity index (χ3n) is 4.45. The molecule has 1 aromatic rings. The molecule has 0 fully saturated rings. The van der Waals surface area contributed by atoms with Crippen molar-refractivity contribution >= 4 is 17.8 Å². The van der Waals surface area contributed by atoms with Crippen LogP contribution in [0.25, 0.3) is 0 Å². The van der Waals surface area contributed by atoms with E-state index in [9.17, 15) is 19.7 Å². The van der Waals surface area contributed by atoms with Gasteiger partial charge in [-0.25, -0.2) is 4.79 Å². The number of nitro groups is 1. The number of aliphatic hydroxyl groups excluding tert-OH is 2. The van der Waals surface area contributed by atoms with Crippen molar-refractivity contribution in [2.45, 2.75) is 64.6 Å². The maximum absolute atomic E-state index is 12.1. The first kappa shape index (κ1) is 26.3. The van der Waals surface area contributed by atoms with Crippen molar-refractivity contribution < 1.29 is 38.9 Å². The molecule has 0 saturated heterocycles. The number of hydrogen-bond donors (Lipinski definition) is 2. The van der Waals surface area contributed by atoms with E-state index >= 15 is 0 Å². The number of hydrogen-bond acceptors (Lipinski definition) is 9. The van der Waals surface area contributed by atoms with Crippen LogP contribution in [0.2, 0.25) is 0 Å². The molecule has 10 heteroatoms. The lowest BCUT2D eigenvalue weighted by Gasteiger charge is -2.18. The summed E-state index contributed by atoms with van der Waals surface area (Å²) in [6, 6.07) is 5.00. The molecule has 0 heterocycles. The molecule has 1 rings (SSSR count). The van der Waals surface area contributed by atoms with Crippen LogP contribution in [0.5, 0.6) is 5.75 Å². The molecule has 31 heavy (non-hydrogen) atoms. The Morgan fingerprint density at radius 2 is 1.58 bits per heavy atom. The zero-order chi connectivity index (χ0) is 23.2. The summed E-state index contributed by atoms with van der Waals surface area (Å²) in [5.41, 5.74) is -0.133. The van der Waals surface area contributed by atoms with Gasteiger partial charge in [0.25, 0.3) is 5.69 Å². The van der Waals surface area contributed by atoms with Crippen LogP contribution >= 0.6 is 0 Å². The average Bonchev–Trinajstić information content (AvgIpc) is 2.73. The van der Waals surface area contributed by atoms with Crippen molar-refractivity contribution in [1.82, 2.24) is 0 Å². The summed E-state index contributed by atoms with van der Waals surface area (Å²) in [5, 5.41) is 28.7. The highest BCUT2D eigenvalue weighted by Gasteiger charge is 2.20. The summed E-state index contributed by atoms with van der Waals surface area (Å²) < 4.78 is 15.3. The molecule has 2 N–H and O–H groups in total. The molecule has 0 aromatic heterocycles. The first-order chi connectivity index (χ1) is 14.7. The van der Waals surface area contributed by atoms with E-state index in [4.69, 9.17) is 24.4 Å². The molecule has 0 aliphatic carbocycles. The zero-order valence-corrected chi connectivity index (χ0v) is 17.9. The lowest BCUT2D eigenvalue weighted by molar-refractivity contribution is -0.384. The van der Waals surface area contributed by atoms with E-state index in [2.05, 4.69) is 13.8 Å². The molecule has 0 saturated carbocycles. The maximum Gasteiger partial charge on any atom is 0.514 e. The Hall–Kier alpha value is -2.72. The summed E-state index contributed by atoms with van der Waals surface area (Å²) in [4.78, 5) is 34.1. The number of carbonyl (C=O) groups is 2. The molecule has 0 aliphatic rings. The van der Waals surface area contributed by atoms with Gasteiger partial charge in [-0.1, -0.05) is 26.7 Å². The monoisotopic (exact) mass is 441 g/mol. The number of nitro benzene ring substituents is 1. The number of rotatable bonds is 14. The van der Waals surface area contributed by atoms with Crippen molar-refractivity contribution in [1.29, 1.82) is 0 Å². The summed E-state index contributed by atoms with van der Waals surface area (Å²) in [5.74, 6) is 0.0327. The van der Waals surface area contributed by atoms with Crippen molar-refractivity contribution in [2.75, 3.05) is 13.2 Å². The van der Waals surface area contributed by atoms with Crippen molar-refractivity contribution in [3.63, 3.8) is 0 Å². The van der Waals surface area contributed by atoms with Crippen LogP contribution in [0.15, 0.2) is 24.3 Å². The fourth-order valence-electron chi connectivity index (χ4n) is 2.73. The number of aliphatic hydroxyl groups is 2. The minimum atomic E-state index is -0.981. The van der Waals surface area contributed by atoms with Crippen LogP contribution in [-0.4, -0.2) is 52.7 Å². The fraction of sp³-hybridized carbons (Fsp3) is 0.619. The van der Waals surface area contributed by atoms with Gasteiger partial charge in [0.2, 0.25) is 0 Å². The first-order valence-electron chi connectivity index (χ1n) is 10.3. The van der Waals surface area contributed by atoms with E-state index < -0.39 is 42.5 Å². The molecule has 1 atom stereocenters.